The Morgan fingerprint density at radius 2 is 1.95 bits per heavy atom. The number of hydrogen-bond acceptors (Lipinski definition) is 3. The van der Waals surface area contributed by atoms with Gasteiger partial charge in [0.05, 0.1) is 6.42 Å². The van der Waals surface area contributed by atoms with E-state index in [-0.39, 0.29) is 18.7 Å². The van der Waals surface area contributed by atoms with Gasteiger partial charge in [-0.1, -0.05) is 36.7 Å². The van der Waals surface area contributed by atoms with Crippen molar-refractivity contribution in [2.75, 3.05) is 0 Å². The largest absolute Gasteiger partial charge is 0.479 e. The van der Waals surface area contributed by atoms with E-state index in [1.807, 2.05) is 17.5 Å². The minimum absolute atomic E-state index is 0.167. The minimum Gasteiger partial charge on any atom is -0.479 e. The van der Waals surface area contributed by atoms with Gasteiger partial charge in [0.15, 0.2) is 5.54 Å². The van der Waals surface area contributed by atoms with Gasteiger partial charge in [0.1, 0.15) is 0 Å². The highest BCUT2D eigenvalue weighted by molar-refractivity contribution is 7.10. The third kappa shape index (κ3) is 3.48. The molecule has 2 rings (SSSR count). The number of aliphatic carboxylic acids is 1. The van der Waals surface area contributed by atoms with Crippen LogP contribution in [0.3, 0.4) is 0 Å². The topological polar surface area (TPSA) is 66.4 Å². The lowest BCUT2D eigenvalue weighted by atomic mass is 9.87. The standard InChI is InChI=1S/C16H16ClNO3S/c1-2-16(15(20)21,11-5-7-12(17)8-6-11)18-14(19)10-13-4-3-9-22-13/h3-9H,2,10H2,1H3,(H,18,19)(H,20,21). The van der Waals surface area contributed by atoms with Crippen molar-refractivity contribution in [3.05, 3.63) is 57.2 Å². The minimum atomic E-state index is -1.45. The number of carboxylic acids is 1. The quantitative estimate of drug-likeness (QED) is 0.848. The highest BCUT2D eigenvalue weighted by Crippen LogP contribution is 2.27. The molecule has 0 aliphatic rings. The molecule has 0 radical (unpaired) electrons. The molecule has 4 nitrogen and oxygen atoms in total. The van der Waals surface area contributed by atoms with Crippen LogP contribution in [0.15, 0.2) is 41.8 Å². The summed E-state index contributed by atoms with van der Waals surface area (Å²) >= 11 is 7.32. The van der Waals surface area contributed by atoms with Crippen LogP contribution in [-0.4, -0.2) is 17.0 Å². The summed E-state index contributed by atoms with van der Waals surface area (Å²) in [7, 11) is 0. The number of rotatable bonds is 6. The Morgan fingerprint density at radius 3 is 2.45 bits per heavy atom. The number of thiophene rings is 1. The fourth-order valence-corrected chi connectivity index (χ4v) is 3.11. The van der Waals surface area contributed by atoms with Crippen molar-refractivity contribution in [1.82, 2.24) is 5.32 Å². The second-order valence-electron chi connectivity index (χ2n) is 4.88. The summed E-state index contributed by atoms with van der Waals surface area (Å²) in [6, 6.07) is 10.2. The number of hydrogen-bond donors (Lipinski definition) is 2. The van der Waals surface area contributed by atoms with Gasteiger partial charge in [-0.2, -0.15) is 0 Å². The zero-order valence-corrected chi connectivity index (χ0v) is 13.6. The lowest BCUT2D eigenvalue weighted by Gasteiger charge is -2.30. The molecule has 6 heteroatoms. The Hall–Kier alpha value is -1.85. The van der Waals surface area contributed by atoms with Gasteiger partial charge in [0, 0.05) is 9.90 Å². The Morgan fingerprint density at radius 1 is 1.27 bits per heavy atom. The molecule has 0 aliphatic heterocycles. The Bertz CT molecular complexity index is 655. The van der Waals surface area contributed by atoms with Gasteiger partial charge >= 0.3 is 5.97 Å². The summed E-state index contributed by atoms with van der Waals surface area (Å²) in [6.45, 7) is 1.73. The Labute approximate surface area is 137 Å². The number of carbonyl (C=O) groups excluding carboxylic acids is 1. The summed E-state index contributed by atoms with van der Waals surface area (Å²) in [6.07, 6.45) is 0.403. The van der Waals surface area contributed by atoms with Crippen LogP contribution < -0.4 is 5.32 Å². The molecule has 0 bridgehead atoms. The number of carbonyl (C=O) groups is 2. The van der Waals surface area contributed by atoms with Crippen molar-refractivity contribution in [2.45, 2.75) is 25.3 Å². The highest BCUT2D eigenvalue weighted by Gasteiger charge is 2.40. The fraction of sp³-hybridized carbons (Fsp3) is 0.250. The third-order valence-corrected chi connectivity index (χ3v) is 4.63. The monoisotopic (exact) mass is 337 g/mol. The van der Waals surface area contributed by atoms with Crippen LogP contribution in [0.4, 0.5) is 0 Å². The summed E-state index contributed by atoms with van der Waals surface area (Å²) in [4.78, 5) is 25.0. The van der Waals surface area contributed by atoms with Gasteiger partial charge in [-0.25, -0.2) is 4.79 Å². The van der Waals surface area contributed by atoms with Crippen molar-refractivity contribution >= 4 is 34.8 Å². The summed E-state index contributed by atoms with van der Waals surface area (Å²) in [5.41, 5.74) is -0.940. The van der Waals surface area contributed by atoms with Crippen LogP contribution in [0.25, 0.3) is 0 Å². The number of nitrogens with one attached hydrogen (secondary N) is 1. The summed E-state index contributed by atoms with van der Waals surface area (Å²) in [5, 5.41) is 14.8. The van der Waals surface area contributed by atoms with Crippen LogP contribution in [0, 0.1) is 0 Å². The lowest BCUT2D eigenvalue weighted by molar-refractivity contribution is -0.148. The van der Waals surface area contributed by atoms with E-state index in [4.69, 9.17) is 11.6 Å². The summed E-state index contributed by atoms with van der Waals surface area (Å²) < 4.78 is 0. The molecule has 2 N–H and O–H groups in total. The fourth-order valence-electron chi connectivity index (χ4n) is 2.28. The van der Waals surface area contributed by atoms with Crippen LogP contribution in [0.1, 0.15) is 23.8 Å². The molecule has 0 saturated heterocycles. The van der Waals surface area contributed by atoms with Crippen molar-refractivity contribution in [2.24, 2.45) is 0 Å². The van der Waals surface area contributed by atoms with E-state index in [1.54, 1.807) is 31.2 Å². The average molecular weight is 338 g/mol. The zero-order chi connectivity index (χ0) is 16.2. The van der Waals surface area contributed by atoms with E-state index in [0.717, 1.165) is 4.88 Å². The molecular formula is C16H16ClNO3S. The lowest BCUT2D eigenvalue weighted by Crippen LogP contribution is -2.51. The van der Waals surface area contributed by atoms with E-state index in [9.17, 15) is 14.7 Å². The van der Waals surface area contributed by atoms with Crippen LogP contribution >= 0.6 is 22.9 Å². The molecule has 1 aromatic heterocycles. The first-order valence-corrected chi connectivity index (χ1v) is 8.06. The van der Waals surface area contributed by atoms with Gasteiger partial charge in [-0.05, 0) is 35.6 Å². The maximum atomic E-state index is 12.2. The van der Waals surface area contributed by atoms with Crippen LogP contribution in [0.2, 0.25) is 5.02 Å². The highest BCUT2D eigenvalue weighted by atomic mass is 35.5. The van der Waals surface area contributed by atoms with Gasteiger partial charge in [-0.15, -0.1) is 11.3 Å². The first-order valence-electron chi connectivity index (χ1n) is 6.81. The first kappa shape index (κ1) is 16.5. The second kappa shape index (κ2) is 6.94. The van der Waals surface area contributed by atoms with Crippen molar-refractivity contribution in [3.8, 4) is 0 Å². The van der Waals surface area contributed by atoms with Gasteiger partial charge in [0.25, 0.3) is 0 Å². The molecule has 0 saturated carbocycles. The Kier molecular flexibility index (Phi) is 5.21. The molecule has 0 aliphatic carbocycles. The van der Waals surface area contributed by atoms with E-state index >= 15 is 0 Å². The van der Waals surface area contributed by atoms with E-state index in [0.29, 0.717) is 10.6 Å². The van der Waals surface area contributed by atoms with Crippen molar-refractivity contribution < 1.29 is 14.7 Å². The van der Waals surface area contributed by atoms with E-state index < -0.39 is 11.5 Å². The predicted octanol–water partition coefficient (Wildman–Crippen LogP) is 3.45. The zero-order valence-electron chi connectivity index (χ0n) is 12.0. The summed E-state index contributed by atoms with van der Waals surface area (Å²) in [5.74, 6) is -1.40. The molecule has 116 valence electrons. The number of halogens is 1. The maximum absolute atomic E-state index is 12.2. The van der Waals surface area contributed by atoms with Crippen LogP contribution in [0.5, 0.6) is 0 Å². The predicted molar refractivity (Wildman–Crippen MR) is 87.2 cm³/mol. The molecule has 22 heavy (non-hydrogen) atoms. The average Bonchev–Trinajstić information content (AvgIpc) is 2.98. The molecule has 1 aromatic carbocycles. The first-order chi connectivity index (χ1) is 10.5. The third-order valence-electron chi connectivity index (χ3n) is 3.50. The number of carboxylic acid groups (broad SMARTS) is 1. The second-order valence-corrected chi connectivity index (χ2v) is 6.34. The molecule has 1 atom stereocenters. The van der Waals surface area contributed by atoms with Gasteiger partial charge in [0.2, 0.25) is 5.91 Å². The SMILES string of the molecule is CCC(NC(=O)Cc1cccs1)(C(=O)O)c1ccc(Cl)cc1. The molecule has 0 spiro atoms. The molecule has 2 aromatic rings. The smallest absolute Gasteiger partial charge is 0.334 e. The number of amides is 1. The molecular weight excluding hydrogens is 322 g/mol. The Balaban J connectivity index is 2.27. The molecule has 1 unspecified atom stereocenters. The van der Waals surface area contributed by atoms with Crippen LogP contribution in [-0.2, 0) is 21.5 Å². The maximum Gasteiger partial charge on any atom is 0.334 e. The van der Waals surface area contributed by atoms with Gasteiger partial charge in [-0.3, -0.25) is 4.79 Å². The van der Waals surface area contributed by atoms with Gasteiger partial charge < -0.3 is 10.4 Å². The van der Waals surface area contributed by atoms with Crippen molar-refractivity contribution in [3.63, 3.8) is 0 Å². The normalized spacial score (nSPS) is 13.4. The molecule has 1 heterocycles. The van der Waals surface area contributed by atoms with E-state index in [1.165, 1.54) is 11.3 Å². The number of benzene rings is 1. The van der Waals surface area contributed by atoms with E-state index in [2.05, 4.69) is 5.32 Å². The molecule has 0 fully saturated rings. The van der Waals surface area contributed by atoms with Crippen molar-refractivity contribution in [1.29, 1.82) is 0 Å². The molecule has 1 amide bonds.